The van der Waals surface area contributed by atoms with E-state index in [2.05, 4.69) is 5.32 Å². The lowest BCUT2D eigenvalue weighted by Crippen LogP contribution is -2.51. The van der Waals surface area contributed by atoms with Crippen molar-refractivity contribution in [1.82, 2.24) is 10.2 Å². The van der Waals surface area contributed by atoms with Crippen molar-refractivity contribution in [3.8, 4) is 0 Å². The van der Waals surface area contributed by atoms with Gasteiger partial charge in [-0.25, -0.2) is 12.8 Å². The zero-order valence-electron chi connectivity index (χ0n) is 21.7. The molecule has 3 aromatic rings. The first kappa shape index (κ1) is 29.1. The van der Waals surface area contributed by atoms with Crippen molar-refractivity contribution in [2.75, 3.05) is 17.9 Å². The number of hydrogen-bond acceptors (Lipinski definition) is 4. The molecule has 0 aliphatic carbocycles. The summed E-state index contributed by atoms with van der Waals surface area (Å²) in [7, 11) is -2.72. The molecule has 10 heteroatoms. The van der Waals surface area contributed by atoms with Crippen molar-refractivity contribution >= 4 is 39.1 Å². The number of nitrogens with one attached hydrogen (secondary N) is 1. The smallest absolute Gasteiger partial charge is 0.264 e. The normalized spacial score (nSPS) is 12.1. The van der Waals surface area contributed by atoms with Gasteiger partial charge in [0.25, 0.3) is 10.0 Å². The van der Waals surface area contributed by atoms with Gasteiger partial charge in [0.15, 0.2) is 0 Å². The van der Waals surface area contributed by atoms with Gasteiger partial charge in [-0.05, 0) is 85.5 Å². The van der Waals surface area contributed by atoms with Crippen LogP contribution in [0.15, 0.2) is 71.6 Å². The first-order valence-electron chi connectivity index (χ1n) is 12.1. The molecule has 0 saturated carbocycles. The van der Waals surface area contributed by atoms with E-state index in [0.717, 1.165) is 15.4 Å². The highest BCUT2D eigenvalue weighted by Crippen LogP contribution is 2.27. The lowest BCUT2D eigenvalue weighted by atomic mass is 10.1. The molecule has 0 aromatic heterocycles. The zero-order chi connectivity index (χ0) is 28.0. The van der Waals surface area contributed by atoms with Gasteiger partial charge in [-0.3, -0.25) is 13.9 Å². The van der Waals surface area contributed by atoms with Crippen LogP contribution < -0.4 is 9.62 Å². The summed E-state index contributed by atoms with van der Waals surface area (Å²) in [6.45, 7) is 4.96. The summed E-state index contributed by atoms with van der Waals surface area (Å²) in [6, 6.07) is 15.6. The molecule has 3 rings (SSSR count). The van der Waals surface area contributed by atoms with Crippen molar-refractivity contribution in [1.29, 1.82) is 0 Å². The van der Waals surface area contributed by atoms with Crippen LogP contribution >= 0.6 is 11.6 Å². The summed E-state index contributed by atoms with van der Waals surface area (Å²) in [4.78, 5) is 27.9. The number of carbonyl (C=O) groups is 2. The maximum absolute atomic E-state index is 13.8. The highest BCUT2D eigenvalue weighted by Gasteiger charge is 2.33. The molecule has 2 amide bonds. The van der Waals surface area contributed by atoms with Crippen molar-refractivity contribution in [2.24, 2.45) is 0 Å². The molecular formula is C28H31ClFN3O4S. The summed E-state index contributed by atoms with van der Waals surface area (Å²) in [5.41, 5.74) is 2.73. The Bertz CT molecular complexity index is 1400. The van der Waals surface area contributed by atoms with E-state index in [-0.39, 0.29) is 17.3 Å². The third kappa shape index (κ3) is 6.71. The Hall–Kier alpha value is -3.43. The molecule has 0 saturated heterocycles. The average molecular weight is 560 g/mol. The van der Waals surface area contributed by atoms with E-state index in [4.69, 9.17) is 11.6 Å². The third-order valence-electron chi connectivity index (χ3n) is 6.36. The van der Waals surface area contributed by atoms with Gasteiger partial charge in [0.2, 0.25) is 11.8 Å². The second kappa shape index (κ2) is 12.4. The summed E-state index contributed by atoms with van der Waals surface area (Å²) in [6.07, 6.45) is 0.292. The van der Waals surface area contributed by atoms with E-state index in [9.17, 15) is 22.4 Å². The monoisotopic (exact) mass is 559 g/mol. The number of halogens is 2. The highest BCUT2D eigenvalue weighted by atomic mass is 35.5. The fourth-order valence-electron chi connectivity index (χ4n) is 4.02. The van der Waals surface area contributed by atoms with Gasteiger partial charge >= 0.3 is 0 Å². The predicted octanol–water partition coefficient (Wildman–Crippen LogP) is 4.84. The number of rotatable bonds is 10. The van der Waals surface area contributed by atoms with E-state index in [1.165, 1.54) is 60.5 Å². The van der Waals surface area contributed by atoms with Crippen LogP contribution in [-0.2, 0) is 26.2 Å². The van der Waals surface area contributed by atoms with Crippen LogP contribution in [0.5, 0.6) is 0 Å². The van der Waals surface area contributed by atoms with E-state index in [1.54, 1.807) is 25.1 Å². The highest BCUT2D eigenvalue weighted by molar-refractivity contribution is 7.92. The van der Waals surface area contributed by atoms with Crippen molar-refractivity contribution < 1.29 is 22.4 Å². The van der Waals surface area contributed by atoms with Crippen molar-refractivity contribution in [2.45, 2.75) is 44.7 Å². The number of likely N-dealkylation sites (N-methyl/N-ethyl adjacent to an activating group) is 1. The van der Waals surface area contributed by atoms with Gasteiger partial charge in [0.05, 0.1) is 10.6 Å². The first-order valence-corrected chi connectivity index (χ1v) is 13.9. The molecule has 0 aliphatic heterocycles. The Kier molecular flexibility index (Phi) is 9.51. The molecule has 0 spiro atoms. The molecule has 0 heterocycles. The maximum atomic E-state index is 13.8. The Morgan fingerprint density at radius 3 is 2.16 bits per heavy atom. The number of amides is 2. The van der Waals surface area contributed by atoms with Gasteiger partial charge in [-0.2, -0.15) is 0 Å². The summed E-state index contributed by atoms with van der Waals surface area (Å²) >= 11 is 5.97. The van der Waals surface area contributed by atoms with Crippen LogP contribution in [0.2, 0.25) is 5.02 Å². The predicted molar refractivity (Wildman–Crippen MR) is 147 cm³/mol. The molecule has 0 radical (unpaired) electrons. The molecule has 0 fully saturated rings. The van der Waals surface area contributed by atoms with Crippen LogP contribution in [0.3, 0.4) is 0 Å². The van der Waals surface area contributed by atoms with Crippen molar-refractivity contribution in [3.63, 3.8) is 0 Å². The number of sulfonamides is 1. The molecule has 1 atom stereocenters. The Balaban J connectivity index is 2.08. The summed E-state index contributed by atoms with van der Waals surface area (Å²) < 4.78 is 42.2. The van der Waals surface area contributed by atoms with Gasteiger partial charge in [0.1, 0.15) is 18.4 Å². The van der Waals surface area contributed by atoms with Crippen LogP contribution in [0, 0.1) is 19.7 Å². The zero-order valence-corrected chi connectivity index (χ0v) is 23.3. The minimum Gasteiger partial charge on any atom is -0.357 e. The van der Waals surface area contributed by atoms with Crippen LogP contribution in [0.25, 0.3) is 0 Å². The minimum atomic E-state index is -4.19. The Morgan fingerprint density at radius 2 is 1.61 bits per heavy atom. The van der Waals surface area contributed by atoms with Crippen molar-refractivity contribution in [3.05, 3.63) is 94.3 Å². The molecule has 3 aromatic carbocycles. The summed E-state index contributed by atoms with van der Waals surface area (Å²) in [5, 5.41) is 2.94. The summed E-state index contributed by atoms with van der Waals surface area (Å²) in [5.74, 6) is -1.40. The van der Waals surface area contributed by atoms with E-state index < -0.39 is 34.3 Å². The molecule has 0 unspecified atom stereocenters. The first-order chi connectivity index (χ1) is 18.0. The number of benzene rings is 3. The van der Waals surface area contributed by atoms with E-state index in [1.807, 2.05) is 13.8 Å². The lowest BCUT2D eigenvalue weighted by molar-refractivity contribution is -0.140. The van der Waals surface area contributed by atoms with Gasteiger partial charge in [0, 0.05) is 18.6 Å². The molecular weight excluding hydrogens is 529 g/mol. The fourth-order valence-corrected chi connectivity index (χ4v) is 5.55. The molecule has 0 aliphatic rings. The lowest BCUT2D eigenvalue weighted by Gasteiger charge is -2.33. The topological polar surface area (TPSA) is 86.8 Å². The third-order valence-corrected chi connectivity index (χ3v) is 8.40. The second-order valence-electron chi connectivity index (χ2n) is 8.92. The van der Waals surface area contributed by atoms with Gasteiger partial charge in [-0.15, -0.1) is 0 Å². The number of anilines is 1. The quantitative estimate of drug-likeness (QED) is 0.385. The fraction of sp³-hybridized carbons (Fsp3) is 0.286. The van der Waals surface area contributed by atoms with Crippen LogP contribution in [0.4, 0.5) is 10.1 Å². The van der Waals surface area contributed by atoms with Gasteiger partial charge < -0.3 is 10.2 Å². The van der Waals surface area contributed by atoms with Gasteiger partial charge in [-0.1, -0.05) is 36.7 Å². The average Bonchev–Trinajstić information content (AvgIpc) is 2.89. The molecule has 202 valence electrons. The molecule has 38 heavy (non-hydrogen) atoms. The maximum Gasteiger partial charge on any atom is 0.264 e. The number of carbonyl (C=O) groups excluding carboxylic acids is 2. The minimum absolute atomic E-state index is 0.00714. The molecule has 7 nitrogen and oxygen atoms in total. The van der Waals surface area contributed by atoms with Crippen LogP contribution in [0.1, 0.15) is 30.0 Å². The molecule has 1 N–H and O–H groups in total. The SMILES string of the molecule is CC[C@@H](C(=O)NC)N(Cc1ccc(F)cc1)C(=O)CN(c1ccc(C)c(C)c1)S(=O)(=O)c1ccc(Cl)cc1. The number of nitrogens with zero attached hydrogens (tertiary/aromatic N) is 2. The van der Waals surface area contributed by atoms with E-state index >= 15 is 0 Å². The van der Waals surface area contributed by atoms with E-state index in [0.29, 0.717) is 22.7 Å². The Labute approximate surface area is 228 Å². The molecule has 0 bridgehead atoms. The number of aryl methyl sites for hydroxylation is 2. The largest absolute Gasteiger partial charge is 0.357 e. The number of hydrogen-bond donors (Lipinski definition) is 1. The second-order valence-corrected chi connectivity index (χ2v) is 11.2. The Morgan fingerprint density at radius 1 is 0.974 bits per heavy atom. The standard InChI is InChI=1S/C28H31ClFN3O4S/c1-5-26(28(35)31-4)32(17-21-7-11-23(30)12-8-21)27(34)18-33(24-13-6-19(2)20(3)16-24)38(36,37)25-14-9-22(29)10-15-25/h6-16,26H,5,17-18H2,1-4H3,(H,31,35)/t26-/m0/s1. The van der Waals surface area contributed by atoms with Crippen LogP contribution in [-0.4, -0.2) is 44.8 Å².